The first-order valence-electron chi connectivity index (χ1n) is 7.04. The van der Waals surface area contributed by atoms with Crippen molar-refractivity contribution in [1.29, 1.82) is 0 Å². The van der Waals surface area contributed by atoms with Crippen LogP contribution >= 0.6 is 0 Å². The minimum atomic E-state index is -3.02. The Balaban J connectivity index is 1.92. The fourth-order valence-corrected chi connectivity index (χ4v) is 4.61. The Labute approximate surface area is 129 Å². The number of amides is 1. The first-order chi connectivity index (χ1) is 10.4. The summed E-state index contributed by atoms with van der Waals surface area (Å²) < 4.78 is 28.4. The Morgan fingerprint density at radius 2 is 2.18 bits per heavy atom. The highest BCUT2D eigenvalue weighted by atomic mass is 32.2. The summed E-state index contributed by atoms with van der Waals surface area (Å²) in [5.41, 5.74) is 1.37. The molecule has 0 saturated carbocycles. The van der Waals surface area contributed by atoms with Crippen molar-refractivity contribution in [3.8, 4) is 5.75 Å². The highest BCUT2D eigenvalue weighted by molar-refractivity contribution is 7.91. The van der Waals surface area contributed by atoms with E-state index in [-0.39, 0.29) is 23.5 Å². The van der Waals surface area contributed by atoms with E-state index in [1.54, 1.807) is 26.4 Å². The minimum absolute atomic E-state index is 0.0426. The number of sulfone groups is 1. The number of hydrogen-bond acceptors (Lipinski definition) is 4. The van der Waals surface area contributed by atoms with Gasteiger partial charge in [0.05, 0.1) is 24.2 Å². The minimum Gasteiger partial charge on any atom is -0.497 e. The lowest BCUT2D eigenvalue weighted by Crippen LogP contribution is -2.37. The van der Waals surface area contributed by atoms with Crippen molar-refractivity contribution < 1.29 is 17.9 Å². The maximum Gasteiger partial charge on any atom is 0.256 e. The van der Waals surface area contributed by atoms with E-state index in [4.69, 9.17) is 4.74 Å². The number of aromatic amines is 1. The van der Waals surface area contributed by atoms with E-state index in [0.29, 0.717) is 17.7 Å². The van der Waals surface area contributed by atoms with Gasteiger partial charge in [0.2, 0.25) is 0 Å². The molecule has 1 aliphatic rings. The molecule has 7 heteroatoms. The van der Waals surface area contributed by atoms with E-state index in [2.05, 4.69) is 4.98 Å². The van der Waals surface area contributed by atoms with Crippen LogP contribution in [0.1, 0.15) is 16.8 Å². The second-order valence-corrected chi connectivity index (χ2v) is 7.82. The third-order valence-corrected chi connectivity index (χ3v) is 5.95. The lowest BCUT2D eigenvalue weighted by atomic mass is 10.1. The van der Waals surface area contributed by atoms with Crippen LogP contribution in [0.15, 0.2) is 24.4 Å². The summed E-state index contributed by atoms with van der Waals surface area (Å²) >= 11 is 0. The second kappa shape index (κ2) is 5.31. The second-order valence-electron chi connectivity index (χ2n) is 5.59. The topological polar surface area (TPSA) is 79.5 Å². The van der Waals surface area contributed by atoms with Crippen molar-refractivity contribution >= 4 is 26.6 Å². The van der Waals surface area contributed by atoms with Gasteiger partial charge >= 0.3 is 0 Å². The van der Waals surface area contributed by atoms with E-state index in [1.165, 1.54) is 4.90 Å². The number of H-pyrrole nitrogens is 1. The van der Waals surface area contributed by atoms with Crippen LogP contribution in [0.5, 0.6) is 5.75 Å². The quantitative estimate of drug-likeness (QED) is 0.927. The summed E-state index contributed by atoms with van der Waals surface area (Å²) in [5, 5.41) is 0.775. The molecule has 1 aromatic carbocycles. The lowest BCUT2D eigenvalue weighted by molar-refractivity contribution is 0.0749. The van der Waals surface area contributed by atoms with Crippen molar-refractivity contribution in [1.82, 2.24) is 9.88 Å². The van der Waals surface area contributed by atoms with Gasteiger partial charge in [-0.05, 0) is 24.6 Å². The van der Waals surface area contributed by atoms with Gasteiger partial charge in [-0.3, -0.25) is 4.79 Å². The van der Waals surface area contributed by atoms with Gasteiger partial charge in [-0.25, -0.2) is 8.42 Å². The van der Waals surface area contributed by atoms with Crippen LogP contribution in [0, 0.1) is 0 Å². The van der Waals surface area contributed by atoms with Crippen LogP contribution < -0.4 is 4.74 Å². The van der Waals surface area contributed by atoms with E-state index >= 15 is 0 Å². The summed E-state index contributed by atoms with van der Waals surface area (Å²) in [7, 11) is 0.216. The van der Waals surface area contributed by atoms with Crippen LogP contribution in [0.2, 0.25) is 0 Å². The fraction of sp³-hybridized carbons (Fsp3) is 0.400. The lowest BCUT2D eigenvalue weighted by Gasteiger charge is -2.23. The van der Waals surface area contributed by atoms with Gasteiger partial charge in [0.1, 0.15) is 5.75 Å². The first kappa shape index (κ1) is 14.9. The Morgan fingerprint density at radius 1 is 1.41 bits per heavy atom. The molecule has 1 fully saturated rings. The van der Waals surface area contributed by atoms with Gasteiger partial charge in [0, 0.05) is 30.2 Å². The number of nitrogens with zero attached hydrogens (tertiary/aromatic N) is 1. The average molecular weight is 322 g/mol. The number of benzene rings is 1. The van der Waals surface area contributed by atoms with E-state index in [9.17, 15) is 13.2 Å². The molecule has 1 saturated heterocycles. The van der Waals surface area contributed by atoms with Crippen LogP contribution in [-0.4, -0.2) is 55.9 Å². The molecule has 0 radical (unpaired) electrons. The number of fused-ring (bicyclic) bond motifs is 1. The number of hydrogen-bond donors (Lipinski definition) is 1. The molecular weight excluding hydrogens is 304 g/mol. The first-order valence-corrected chi connectivity index (χ1v) is 8.86. The number of carbonyl (C=O) groups is 1. The molecule has 2 aromatic rings. The number of aromatic nitrogens is 1. The molecule has 0 aliphatic carbocycles. The maximum atomic E-state index is 12.7. The number of carbonyl (C=O) groups excluding carboxylic acids is 1. The van der Waals surface area contributed by atoms with Crippen molar-refractivity contribution in [2.24, 2.45) is 0 Å². The van der Waals surface area contributed by atoms with Crippen LogP contribution in [0.25, 0.3) is 10.9 Å². The number of nitrogens with one attached hydrogen (secondary N) is 1. The zero-order valence-electron chi connectivity index (χ0n) is 12.5. The molecule has 22 heavy (non-hydrogen) atoms. The maximum absolute atomic E-state index is 12.7. The van der Waals surface area contributed by atoms with Crippen molar-refractivity contribution in [3.05, 3.63) is 30.0 Å². The molecule has 3 rings (SSSR count). The van der Waals surface area contributed by atoms with E-state index < -0.39 is 9.84 Å². The molecule has 0 spiro atoms. The number of ether oxygens (including phenoxy) is 1. The molecule has 1 amide bonds. The zero-order valence-corrected chi connectivity index (χ0v) is 13.3. The third kappa shape index (κ3) is 2.56. The van der Waals surface area contributed by atoms with Gasteiger partial charge < -0.3 is 14.6 Å². The normalized spacial score (nSPS) is 20.2. The van der Waals surface area contributed by atoms with Gasteiger partial charge in [-0.2, -0.15) is 0 Å². The molecule has 1 unspecified atom stereocenters. The summed E-state index contributed by atoms with van der Waals surface area (Å²) in [6.07, 6.45) is 2.16. The molecule has 1 aromatic heterocycles. The van der Waals surface area contributed by atoms with Gasteiger partial charge in [-0.15, -0.1) is 0 Å². The fourth-order valence-electron chi connectivity index (χ4n) is 2.84. The van der Waals surface area contributed by atoms with Crippen molar-refractivity contribution in [2.45, 2.75) is 12.5 Å². The van der Waals surface area contributed by atoms with E-state index in [0.717, 1.165) is 10.9 Å². The summed E-state index contributed by atoms with van der Waals surface area (Å²) in [5.74, 6) is 0.687. The molecule has 2 heterocycles. The largest absolute Gasteiger partial charge is 0.497 e. The molecule has 1 N–H and O–H groups in total. The van der Waals surface area contributed by atoms with Crippen LogP contribution in [-0.2, 0) is 9.84 Å². The van der Waals surface area contributed by atoms with Gasteiger partial charge in [-0.1, -0.05) is 0 Å². The smallest absolute Gasteiger partial charge is 0.256 e. The molecular formula is C15H18N2O4S. The Hall–Kier alpha value is -2.02. The average Bonchev–Trinajstić information content (AvgIpc) is 3.08. The predicted molar refractivity (Wildman–Crippen MR) is 84.0 cm³/mol. The Morgan fingerprint density at radius 3 is 2.82 bits per heavy atom. The molecule has 1 atom stereocenters. The van der Waals surface area contributed by atoms with Gasteiger partial charge in [0.15, 0.2) is 9.84 Å². The predicted octanol–water partition coefficient (Wildman–Crippen LogP) is 1.44. The molecule has 1 aliphatic heterocycles. The number of methoxy groups -OCH3 is 1. The molecule has 118 valence electrons. The van der Waals surface area contributed by atoms with Crippen LogP contribution in [0.4, 0.5) is 0 Å². The monoisotopic (exact) mass is 322 g/mol. The zero-order chi connectivity index (χ0) is 15.9. The van der Waals surface area contributed by atoms with Gasteiger partial charge in [0.25, 0.3) is 5.91 Å². The summed E-state index contributed by atoms with van der Waals surface area (Å²) in [6, 6.07) is 5.22. The van der Waals surface area contributed by atoms with Crippen molar-refractivity contribution in [2.75, 3.05) is 25.7 Å². The third-order valence-electron chi connectivity index (χ3n) is 4.20. The molecule has 6 nitrogen and oxygen atoms in total. The Kier molecular flexibility index (Phi) is 3.60. The van der Waals surface area contributed by atoms with Crippen LogP contribution in [0.3, 0.4) is 0 Å². The molecule has 0 bridgehead atoms. The van der Waals surface area contributed by atoms with Crippen molar-refractivity contribution in [3.63, 3.8) is 0 Å². The SMILES string of the molecule is COc1ccc2[nH]cc(C(=O)N(C)C3CCS(=O)(=O)C3)c2c1. The standard InChI is InChI=1S/C15H18N2O4S/c1-17(10-5-6-22(19,20)9-10)15(18)13-8-16-14-4-3-11(21-2)7-12(13)14/h3-4,7-8,10,16H,5-6,9H2,1-2H3. The summed E-state index contributed by atoms with van der Waals surface area (Å²) in [4.78, 5) is 17.3. The number of rotatable bonds is 3. The highest BCUT2D eigenvalue weighted by Gasteiger charge is 2.33. The van der Waals surface area contributed by atoms with E-state index in [1.807, 2.05) is 12.1 Å². The highest BCUT2D eigenvalue weighted by Crippen LogP contribution is 2.26. The Bertz CT molecular complexity index is 825. The summed E-state index contributed by atoms with van der Waals surface area (Å²) in [6.45, 7) is 0.